The van der Waals surface area contributed by atoms with Crippen molar-refractivity contribution in [3.8, 4) is 11.1 Å². The zero-order valence-corrected chi connectivity index (χ0v) is 21.0. The number of hydrogen-bond acceptors (Lipinski definition) is 5. The second-order valence-electron chi connectivity index (χ2n) is 9.50. The van der Waals surface area contributed by atoms with Gasteiger partial charge in [-0.3, -0.25) is 4.79 Å². The second-order valence-corrected chi connectivity index (χ2v) is 11.2. The summed E-state index contributed by atoms with van der Waals surface area (Å²) < 4.78 is 33.3. The molecule has 0 aliphatic carbocycles. The molecule has 0 aromatic heterocycles. The van der Waals surface area contributed by atoms with Gasteiger partial charge in [0.2, 0.25) is 10.0 Å². The number of ether oxygens (including phenoxy) is 1. The van der Waals surface area contributed by atoms with Crippen LogP contribution in [0.1, 0.15) is 52.5 Å². The van der Waals surface area contributed by atoms with E-state index in [9.17, 15) is 13.2 Å². The Morgan fingerprint density at radius 2 is 1.70 bits per heavy atom. The van der Waals surface area contributed by atoms with Gasteiger partial charge in [-0.05, 0) is 75.4 Å². The van der Waals surface area contributed by atoms with E-state index in [1.807, 2.05) is 12.1 Å². The minimum Gasteiger partial charge on any atom is -0.464 e. The molecule has 1 aliphatic rings. The van der Waals surface area contributed by atoms with Gasteiger partial charge in [0.05, 0.1) is 10.4 Å². The van der Waals surface area contributed by atoms with Crippen molar-refractivity contribution in [2.45, 2.75) is 69.9 Å². The molecule has 2 aromatic carbocycles. The number of rotatable bonds is 10. The lowest BCUT2D eigenvalue weighted by Crippen LogP contribution is -2.47. The first-order valence-corrected chi connectivity index (χ1v) is 13.2. The smallest absolute Gasteiger partial charge is 0.305 e. The Morgan fingerprint density at radius 3 is 2.24 bits per heavy atom. The van der Waals surface area contributed by atoms with Crippen molar-refractivity contribution in [3.63, 3.8) is 0 Å². The molecule has 3 rings (SSSR count). The molecule has 0 unspecified atom stereocenters. The van der Waals surface area contributed by atoms with Crippen molar-refractivity contribution >= 4 is 16.0 Å². The third-order valence-corrected chi connectivity index (χ3v) is 7.84. The fourth-order valence-electron chi connectivity index (χ4n) is 4.10. The number of nitrogens with zero attached hydrogens (tertiary/aromatic N) is 1. The van der Waals surface area contributed by atoms with Crippen LogP contribution in [0.5, 0.6) is 0 Å². The minimum absolute atomic E-state index is 0.0278. The molecule has 1 atom stereocenters. The summed E-state index contributed by atoms with van der Waals surface area (Å²) in [6, 6.07) is 16.0. The number of carbonyl (C=O) groups excluding carboxylic acids is 1. The molecule has 0 amide bonds. The molecule has 0 spiro atoms. The number of nitrogens with one attached hydrogen (secondary N) is 1. The summed E-state index contributed by atoms with van der Waals surface area (Å²) in [7, 11) is -3.74. The zero-order valence-electron chi connectivity index (χ0n) is 20.1. The lowest BCUT2D eigenvalue weighted by molar-refractivity contribution is -0.144. The standard InChI is InChI=1S/C26H36N2O4S/c1-5-25(29)32-19-26(3,4)27-33(30,31)24-14-12-23(13-15-24)22-10-8-21(9-11-22)16-18-28-17-6-7-20(28)2/h8-15,20,27H,5-7,16-19H2,1-4H3/t20-/m1/s1. The minimum atomic E-state index is -3.74. The highest BCUT2D eigenvalue weighted by atomic mass is 32.2. The van der Waals surface area contributed by atoms with Gasteiger partial charge in [0.25, 0.3) is 0 Å². The van der Waals surface area contributed by atoms with E-state index in [2.05, 4.69) is 40.8 Å². The van der Waals surface area contributed by atoms with Gasteiger partial charge in [0, 0.05) is 19.0 Å². The molecule has 1 N–H and O–H groups in total. The van der Waals surface area contributed by atoms with Crippen LogP contribution in [-0.2, 0) is 26.0 Å². The largest absolute Gasteiger partial charge is 0.464 e. The Bertz CT molecular complexity index is 1030. The van der Waals surface area contributed by atoms with E-state index < -0.39 is 15.6 Å². The van der Waals surface area contributed by atoms with E-state index >= 15 is 0 Å². The summed E-state index contributed by atoms with van der Waals surface area (Å²) in [5, 5.41) is 0. The number of esters is 1. The van der Waals surface area contributed by atoms with Crippen molar-refractivity contribution < 1.29 is 17.9 Å². The quantitative estimate of drug-likeness (QED) is 0.519. The molecule has 1 fully saturated rings. The summed E-state index contributed by atoms with van der Waals surface area (Å²) in [6.07, 6.45) is 3.88. The Morgan fingerprint density at radius 1 is 1.09 bits per heavy atom. The fourth-order valence-corrected chi connectivity index (χ4v) is 5.50. The highest BCUT2D eigenvalue weighted by Crippen LogP contribution is 2.23. The third kappa shape index (κ3) is 7.13. The van der Waals surface area contributed by atoms with Gasteiger partial charge in [-0.1, -0.05) is 43.3 Å². The van der Waals surface area contributed by atoms with E-state index in [-0.39, 0.29) is 23.9 Å². The third-order valence-electron chi connectivity index (χ3n) is 6.12. The molecule has 180 valence electrons. The van der Waals surface area contributed by atoms with Crippen LogP contribution in [0.4, 0.5) is 0 Å². The Labute approximate surface area is 198 Å². The maximum atomic E-state index is 12.8. The lowest BCUT2D eigenvalue weighted by atomic mass is 10.0. The topological polar surface area (TPSA) is 75.7 Å². The number of hydrogen-bond donors (Lipinski definition) is 1. The van der Waals surface area contributed by atoms with Gasteiger partial charge in [0.1, 0.15) is 6.61 Å². The summed E-state index contributed by atoms with van der Waals surface area (Å²) >= 11 is 0. The van der Waals surface area contributed by atoms with Gasteiger partial charge in [0.15, 0.2) is 0 Å². The molecule has 7 heteroatoms. The number of sulfonamides is 1. The van der Waals surface area contributed by atoms with E-state index in [1.165, 1.54) is 24.9 Å². The SMILES string of the molecule is CCC(=O)OCC(C)(C)NS(=O)(=O)c1ccc(-c2ccc(CCN3CCC[C@H]3C)cc2)cc1. The summed E-state index contributed by atoms with van der Waals surface area (Å²) in [5.74, 6) is -0.358. The number of carbonyl (C=O) groups is 1. The fraction of sp³-hybridized carbons (Fsp3) is 0.500. The average molecular weight is 473 g/mol. The van der Waals surface area contributed by atoms with Gasteiger partial charge >= 0.3 is 5.97 Å². The molecular formula is C26H36N2O4S. The molecule has 6 nitrogen and oxygen atoms in total. The van der Waals surface area contributed by atoms with Crippen molar-refractivity contribution in [2.24, 2.45) is 0 Å². The van der Waals surface area contributed by atoms with E-state index in [4.69, 9.17) is 4.74 Å². The average Bonchev–Trinajstić information content (AvgIpc) is 3.20. The van der Waals surface area contributed by atoms with E-state index in [1.54, 1.807) is 32.9 Å². The molecule has 33 heavy (non-hydrogen) atoms. The van der Waals surface area contributed by atoms with Crippen LogP contribution in [0.3, 0.4) is 0 Å². The Hall–Kier alpha value is -2.22. The first-order valence-electron chi connectivity index (χ1n) is 11.7. The van der Waals surface area contributed by atoms with Crippen LogP contribution in [0.25, 0.3) is 11.1 Å². The molecule has 0 saturated carbocycles. The molecular weight excluding hydrogens is 436 g/mol. The molecule has 2 aromatic rings. The van der Waals surface area contributed by atoms with E-state index in [0.29, 0.717) is 6.04 Å². The van der Waals surface area contributed by atoms with Crippen molar-refractivity contribution in [1.29, 1.82) is 0 Å². The van der Waals surface area contributed by atoms with Crippen molar-refractivity contribution in [1.82, 2.24) is 9.62 Å². The van der Waals surface area contributed by atoms with Crippen LogP contribution in [0.2, 0.25) is 0 Å². The van der Waals surface area contributed by atoms with Gasteiger partial charge in [-0.2, -0.15) is 0 Å². The maximum Gasteiger partial charge on any atom is 0.305 e. The molecule has 1 heterocycles. The first kappa shape index (κ1) is 25.4. The van der Waals surface area contributed by atoms with Crippen molar-refractivity contribution in [2.75, 3.05) is 19.7 Å². The van der Waals surface area contributed by atoms with Crippen LogP contribution < -0.4 is 4.72 Å². The molecule has 1 saturated heterocycles. The number of benzene rings is 2. The normalized spacial score (nSPS) is 17.3. The highest BCUT2D eigenvalue weighted by molar-refractivity contribution is 7.89. The Balaban J connectivity index is 1.61. The summed E-state index contributed by atoms with van der Waals surface area (Å²) in [5.41, 5.74) is 2.42. The highest BCUT2D eigenvalue weighted by Gasteiger charge is 2.27. The molecule has 0 bridgehead atoms. The van der Waals surface area contributed by atoms with E-state index in [0.717, 1.165) is 24.1 Å². The van der Waals surface area contributed by atoms with Crippen molar-refractivity contribution in [3.05, 3.63) is 54.1 Å². The Kier molecular flexibility index (Phi) is 8.32. The molecule has 1 aliphatic heterocycles. The molecule has 0 radical (unpaired) electrons. The summed E-state index contributed by atoms with van der Waals surface area (Å²) in [4.78, 5) is 14.1. The zero-order chi connectivity index (χ0) is 24.1. The van der Waals surface area contributed by atoms with Gasteiger partial charge < -0.3 is 9.64 Å². The van der Waals surface area contributed by atoms with Gasteiger partial charge in [-0.15, -0.1) is 0 Å². The van der Waals surface area contributed by atoms with Gasteiger partial charge in [-0.25, -0.2) is 13.1 Å². The maximum absolute atomic E-state index is 12.8. The first-order chi connectivity index (χ1) is 15.6. The summed E-state index contributed by atoms with van der Waals surface area (Å²) in [6.45, 7) is 9.64. The lowest BCUT2D eigenvalue weighted by Gasteiger charge is -2.25. The predicted molar refractivity (Wildman–Crippen MR) is 132 cm³/mol. The number of likely N-dealkylation sites (tertiary alicyclic amines) is 1. The second kappa shape index (κ2) is 10.8. The monoisotopic (exact) mass is 472 g/mol. The van der Waals surface area contributed by atoms with Crippen LogP contribution in [-0.4, -0.2) is 50.6 Å². The van der Waals surface area contributed by atoms with Crippen LogP contribution in [0.15, 0.2) is 53.4 Å². The van der Waals surface area contributed by atoms with Crippen LogP contribution >= 0.6 is 0 Å². The van der Waals surface area contributed by atoms with Crippen LogP contribution in [0, 0.1) is 0 Å². The predicted octanol–water partition coefficient (Wildman–Crippen LogP) is 4.39.